The van der Waals surface area contributed by atoms with Crippen molar-refractivity contribution in [2.75, 3.05) is 0 Å². The summed E-state index contributed by atoms with van der Waals surface area (Å²) in [5, 5.41) is 21.3. The Balaban J connectivity index is 1.99. The molecule has 1 aliphatic heterocycles. The van der Waals surface area contributed by atoms with Crippen LogP contribution in [0.5, 0.6) is 11.5 Å². The molecule has 0 aromatic heterocycles. The van der Waals surface area contributed by atoms with Gasteiger partial charge in [-0.05, 0) is 6.92 Å². The van der Waals surface area contributed by atoms with Crippen LogP contribution in [-0.4, -0.2) is 33.7 Å². The van der Waals surface area contributed by atoms with Crippen LogP contribution < -0.4 is 0 Å². The van der Waals surface area contributed by atoms with Crippen molar-refractivity contribution in [3.8, 4) is 11.5 Å². The monoisotopic (exact) mass is 338 g/mol. The molecule has 2 aliphatic rings. The Morgan fingerprint density at radius 3 is 2.04 bits per heavy atom. The second-order valence-electron chi connectivity index (χ2n) is 6.22. The number of carbonyl (C=O) groups is 3. The molecule has 2 aromatic rings. The predicted molar refractivity (Wildman–Crippen MR) is 86.0 cm³/mol. The largest absolute Gasteiger partial charge is 0.507 e. The van der Waals surface area contributed by atoms with Crippen LogP contribution in [0.2, 0.25) is 0 Å². The maximum atomic E-state index is 12.8. The van der Waals surface area contributed by atoms with Gasteiger partial charge in [0.1, 0.15) is 17.6 Å². The van der Waals surface area contributed by atoms with Gasteiger partial charge >= 0.3 is 0 Å². The smallest absolute Gasteiger partial charge is 0.198 e. The molecule has 4 rings (SSSR count). The first-order chi connectivity index (χ1) is 11.9. The SMILES string of the molecule is CC(=O)C1Cc2c(O)c3c(c(O)c2CO1)C(=O)c1ccccc1C3=O. The number of rotatable bonds is 1. The first kappa shape index (κ1) is 15.5. The Kier molecular flexibility index (Phi) is 3.27. The van der Waals surface area contributed by atoms with Gasteiger partial charge in [0, 0.05) is 28.7 Å². The van der Waals surface area contributed by atoms with Crippen molar-refractivity contribution >= 4 is 17.3 Å². The van der Waals surface area contributed by atoms with E-state index < -0.39 is 17.7 Å². The van der Waals surface area contributed by atoms with Gasteiger partial charge in [-0.2, -0.15) is 0 Å². The van der Waals surface area contributed by atoms with Gasteiger partial charge in [-0.25, -0.2) is 0 Å². The zero-order valence-corrected chi connectivity index (χ0v) is 13.3. The van der Waals surface area contributed by atoms with Gasteiger partial charge in [-0.1, -0.05) is 24.3 Å². The summed E-state index contributed by atoms with van der Waals surface area (Å²) in [6, 6.07) is 6.28. The minimum absolute atomic E-state index is 0.0421. The highest BCUT2D eigenvalue weighted by atomic mass is 16.5. The molecule has 6 nitrogen and oxygen atoms in total. The van der Waals surface area contributed by atoms with E-state index in [-0.39, 0.29) is 63.7 Å². The molecule has 25 heavy (non-hydrogen) atoms. The summed E-state index contributed by atoms with van der Waals surface area (Å²) in [4.78, 5) is 37.2. The number of hydrogen-bond donors (Lipinski definition) is 2. The molecule has 0 saturated heterocycles. The van der Waals surface area contributed by atoms with Crippen LogP contribution >= 0.6 is 0 Å². The predicted octanol–water partition coefficient (Wildman–Crippen LogP) is 1.90. The first-order valence-electron chi connectivity index (χ1n) is 7.82. The maximum Gasteiger partial charge on any atom is 0.198 e. The normalized spacial score (nSPS) is 18.4. The van der Waals surface area contributed by atoms with E-state index in [0.29, 0.717) is 0 Å². The molecular formula is C19H14O6. The van der Waals surface area contributed by atoms with Crippen molar-refractivity contribution < 1.29 is 29.3 Å². The number of carbonyl (C=O) groups excluding carboxylic acids is 3. The highest BCUT2D eigenvalue weighted by molar-refractivity contribution is 6.30. The number of benzene rings is 2. The number of hydrogen-bond acceptors (Lipinski definition) is 6. The summed E-state index contributed by atoms with van der Waals surface area (Å²) < 4.78 is 5.41. The van der Waals surface area contributed by atoms with Gasteiger partial charge in [0.05, 0.1) is 17.7 Å². The van der Waals surface area contributed by atoms with Crippen LogP contribution in [-0.2, 0) is 22.6 Å². The number of ether oxygens (including phenoxy) is 1. The molecule has 1 aliphatic carbocycles. The summed E-state index contributed by atoms with van der Waals surface area (Å²) in [6.07, 6.45) is -0.710. The highest BCUT2D eigenvalue weighted by Gasteiger charge is 2.39. The average Bonchev–Trinajstić information content (AvgIpc) is 2.62. The molecule has 2 N–H and O–H groups in total. The minimum Gasteiger partial charge on any atom is -0.507 e. The Bertz CT molecular complexity index is 972. The lowest BCUT2D eigenvalue weighted by Crippen LogP contribution is -2.30. The molecule has 0 amide bonds. The lowest BCUT2D eigenvalue weighted by molar-refractivity contribution is -0.130. The first-order valence-corrected chi connectivity index (χ1v) is 7.82. The number of aromatic hydroxyl groups is 2. The molecule has 0 saturated carbocycles. The number of phenols is 2. The summed E-state index contributed by atoms with van der Waals surface area (Å²) in [6.45, 7) is 1.26. The van der Waals surface area contributed by atoms with E-state index in [9.17, 15) is 24.6 Å². The second-order valence-corrected chi connectivity index (χ2v) is 6.22. The summed E-state index contributed by atoms with van der Waals surface area (Å²) in [7, 11) is 0. The summed E-state index contributed by atoms with van der Waals surface area (Å²) in [5.41, 5.74) is 0.490. The van der Waals surface area contributed by atoms with Crippen LogP contribution in [0.25, 0.3) is 0 Å². The fourth-order valence-corrected chi connectivity index (χ4v) is 3.48. The fraction of sp³-hybridized carbons (Fsp3) is 0.211. The van der Waals surface area contributed by atoms with Crippen LogP contribution in [0.4, 0.5) is 0 Å². The maximum absolute atomic E-state index is 12.8. The van der Waals surface area contributed by atoms with E-state index in [2.05, 4.69) is 0 Å². The van der Waals surface area contributed by atoms with Gasteiger partial charge < -0.3 is 14.9 Å². The molecule has 0 bridgehead atoms. The second kappa shape index (κ2) is 5.26. The van der Waals surface area contributed by atoms with Gasteiger partial charge in [-0.15, -0.1) is 0 Å². The summed E-state index contributed by atoms with van der Waals surface area (Å²) in [5.74, 6) is -1.97. The van der Waals surface area contributed by atoms with Crippen molar-refractivity contribution in [2.24, 2.45) is 0 Å². The topological polar surface area (TPSA) is 101 Å². The Hall–Kier alpha value is -2.99. The molecule has 1 heterocycles. The molecular weight excluding hydrogens is 324 g/mol. The lowest BCUT2D eigenvalue weighted by Gasteiger charge is -2.29. The van der Waals surface area contributed by atoms with E-state index in [1.807, 2.05) is 0 Å². The highest BCUT2D eigenvalue weighted by Crippen LogP contribution is 2.45. The van der Waals surface area contributed by atoms with Gasteiger partial charge in [0.25, 0.3) is 0 Å². The van der Waals surface area contributed by atoms with Crippen LogP contribution in [0, 0.1) is 0 Å². The van der Waals surface area contributed by atoms with Crippen molar-refractivity contribution in [2.45, 2.75) is 26.1 Å². The van der Waals surface area contributed by atoms with Crippen LogP contribution in [0.1, 0.15) is 49.9 Å². The summed E-state index contributed by atoms with van der Waals surface area (Å²) >= 11 is 0. The van der Waals surface area contributed by atoms with E-state index >= 15 is 0 Å². The molecule has 6 heteroatoms. The van der Waals surface area contributed by atoms with Crippen molar-refractivity contribution in [1.82, 2.24) is 0 Å². The molecule has 0 spiro atoms. The van der Waals surface area contributed by atoms with Crippen molar-refractivity contribution in [3.05, 3.63) is 57.6 Å². The molecule has 2 aromatic carbocycles. The third kappa shape index (κ3) is 2.04. The third-order valence-corrected chi connectivity index (χ3v) is 4.80. The van der Waals surface area contributed by atoms with E-state index in [1.54, 1.807) is 12.1 Å². The Morgan fingerprint density at radius 1 is 1.00 bits per heavy atom. The fourth-order valence-electron chi connectivity index (χ4n) is 3.48. The zero-order chi connectivity index (χ0) is 17.9. The van der Waals surface area contributed by atoms with Crippen LogP contribution in [0.3, 0.4) is 0 Å². The van der Waals surface area contributed by atoms with Crippen molar-refractivity contribution in [3.63, 3.8) is 0 Å². The van der Waals surface area contributed by atoms with E-state index in [4.69, 9.17) is 4.74 Å². The number of fused-ring (bicyclic) bond motifs is 3. The third-order valence-electron chi connectivity index (χ3n) is 4.80. The Labute approximate surface area is 142 Å². The standard InChI is InChI=1S/C19H14O6/c1-8(20)13-6-11-12(7-25-13)19(24)15-14(18(11)23)16(21)9-4-2-3-5-10(9)17(15)22/h2-5,13,23-24H,6-7H2,1H3. The molecule has 1 unspecified atom stereocenters. The van der Waals surface area contributed by atoms with Gasteiger partial charge in [0.15, 0.2) is 17.3 Å². The van der Waals surface area contributed by atoms with E-state index in [1.165, 1.54) is 19.1 Å². The number of ketones is 3. The number of phenolic OH excluding ortho intramolecular Hbond substituents is 2. The lowest BCUT2D eigenvalue weighted by atomic mass is 9.79. The quantitative estimate of drug-likeness (QED) is 0.657. The van der Waals surface area contributed by atoms with Gasteiger partial charge in [0.2, 0.25) is 0 Å². The zero-order valence-electron chi connectivity index (χ0n) is 13.3. The van der Waals surface area contributed by atoms with E-state index in [0.717, 1.165) is 0 Å². The Morgan fingerprint density at radius 2 is 1.52 bits per heavy atom. The van der Waals surface area contributed by atoms with Gasteiger partial charge in [-0.3, -0.25) is 14.4 Å². The molecule has 0 fully saturated rings. The van der Waals surface area contributed by atoms with Crippen LogP contribution in [0.15, 0.2) is 24.3 Å². The number of Topliss-reactive ketones (excluding diaryl/α,β-unsaturated/α-hetero) is 1. The molecule has 126 valence electrons. The van der Waals surface area contributed by atoms with Crippen molar-refractivity contribution in [1.29, 1.82) is 0 Å². The molecule has 1 atom stereocenters. The minimum atomic E-state index is -0.752. The molecule has 0 radical (unpaired) electrons. The average molecular weight is 338 g/mol.